The number of nitrogens with two attached hydrogens (primary N) is 1. The van der Waals surface area contributed by atoms with E-state index in [0.29, 0.717) is 5.56 Å². The van der Waals surface area contributed by atoms with Gasteiger partial charge in [-0.25, -0.2) is 0 Å². The number of aliphatic hydroxyl groups is 2. The molecule has 0 fully saturated rings. The second kappa shape index (κ2) is 7.91. The topological polar surface area (TPSA) is 101 Å². The quantitative estimate of drug-likeness (QED) is 0.451. The highest BCUT2D eigenvalue weighted by molar-refractivity contribution is 6.05. The number of allylic oxidation sites excluding steroid dienone is 2. The summed E-state index contributed by atoms with van der Waals surface area (Å²) < 4.78 is 0. The van der Waals surface area contributed by atoms with Crippen LogP contribution in [0.4, 0.5) is 0 Å². The number of ketones is 1. The molecule has 5 heteroatoms. The third kappa shape index (κ3) is 5.09. The number of benzene rings is 1. The molecule has 0 saturated heterocycles. The van der Waals surface area contributed by atoms with Crippen LogP contribution in [0.15, 0.2) is 73.4 Å². The zero-order chi connectivity index (χ0) is 17.5. The number of carbonyl (C=O) groups is 2. The SMILES string of the molecule is C=CC(N)=O.C=CC1(O)C=CC(=C(O)c2ccccc2)C(=O)C1. The summed E-state index contributed by atoms with van der Waals surface area (Å²) in [6.07, 6.45) is 5.18. The normalized spacial score (nSPS) is 21.7. The van der Waals surface area contributed by atoms with E-state index in [1.807, 2.05) is 6.07 Å². The van der Waals surface area contributed by atoms with Crippen molar-refractivity contribution in [2.24, 2.45) is 5.73 Å². The molecule has 5 nitrogen and oxygen atoms in total. The van der Waals surface area contributed by atoms with Crippen molar-refractivity contribution >= 4 is 17.4 Å². The van der Waals surface area contributed by atoms with E-state index in [4.69, 9.17) is 0 Å². The first-order chi connectivity index (χ1) is 10.8. The molecule has 120 valence electrons. The highest BCUT2D eigenvalue weighted by Gasteiger charge is 2.30. The number of carbonyl (C=O) groups excluding carboxylic acids is 2. The number of hydrogen-bond acceptors (Lipinski definition) is 4. The molecule has 1 aromatic rings. The zero-order valence-electron chi connectivity index (χ0n) is 12.6. The van der Waals surface area contributed by atoms with Crippen molar-refractivity contribution in [2.75, 3.05) is 0 Å². The van der Waals surface area contributed by atoms with Gasteiger partial charge in [0.15, 0.2) is 5.78 Å². The van der Waals surface area contributed by atoms with Gasteiger partial charge >= 0.3 is 0 Å². The van der Waals surface area contributed by atoms with Crippen molar-refractivity contribution in [3.63, 3.8) is 0 Å². The fourth-order valence-electron chi connectivity index (χ4n) is 1.83. The molecule has 0 bridgehead atoms. The minimum absolute atomic E-state index is 0.0667. The fourth-order valence-corrected chi connectivity index (χ4v) is 1.83. The predicted octanol–water partition coefficient (Wildman–Crippen LogP) is 2.06. The summed E-state index contributed by atoms with van der Waals surface area (Å²) >= 11 is 0. The van der Waals surface area contributed by atoms with E-state index < -0.39 is 11.5 Å². The number of amides is 1. The number of Topliss-reactive ketones (excluding diaryl/α,β-unsaturated/α-hetero) is 1. The number of aliphatic hydroxyl groups excluding tert-OH is 1. The van der Waals surface area contributed by atoms with Gasteiger partial charge in [0.1, 0.15) is 11.4 Å². The summed E-state index contributed by atoms with van der Waals surface area (Å²) in [5, 5.41) is 19.9. The van der Waals surface area contributed by atoms with Crippen LogP contribution in [0.1, 0.15) is 12.0 Å². The molecule has 1 unspecified atom stereocenters. The molecule has 0 heterocycles. The summed E-state index contributed by atoms with van der Waals surface area (Å²) in [7, 11) is 0. The number of hydrogen-bond donors (Lipinski definition) is 3. The van der Waals surface area contributed by atoms with E-state index in [-0.39, 0.29) is 23.5 Å². The lowest BCUT2D eigenvalue weighted by molar-refractivity contribution is -0.118. The Morgan fingerprint density at radius 2 is 1.83 bits per heavy atom. The second-order valence-electron chi connectivity index (χ2n) is 4.86. The van der Waals surface area contributed by atoms with Crippen molar-refractivity contribution in [1.29, 1.82) is 0 Å². The van der Waals surface area contributed by atoms with E-state index in [2.05, 4.69) is 18.9 Å². The lowest BCUT2D eigenvalue weighted by Gasteiger charge is -2.24. The maximum absolute atomic E-state index is 11.9. The van der Waals surface area contributed by atoms with E-state index in [0.717, 1.165) is 6.08 Å². The number of rotatable bonds is 3. The van der Waals surface area contributed by atoms with E-state index >= 15 is 0 Å². The summed E-state index contributed by atoms with van der Waals surface area (Å²) in [5.74, 6) is -0.853. The third-order valence-electron chi connectivity index (χ3n) is 3.14. The fraction of sp³-hybridized carbons (Fsp3) is 0.111. The lowest BCUT2D eigenvalue weighted by Crippen LogP contribution is -2.30. The van der Waals surface area contributed by atoms with Gasteiger partial charge in [-0.2, -0.15) is 0 Å². The van der Waals surface area contributed by atoms with Gasteiger partial charge in [-0.05, 0) is 18.2 Å². The Morgan fingerprint density at radius 3 is 2.26 bits per heavy atom. The van der Waals surface area contributed by atoms with Crippen LogP contribution in [0, 0.1) is 0 Å². The van der Waals surface area contributed by atoms with Gasteiger partial charge in [-0.15, -0.1) is 0 Å². The standard InChI is InChI=1S/C15H14O3.C3H5NO/c1-2-15(18)9-8-12(13(16)10-15)14(17)11-6-4-3-5-7-11;1-2-3(4)5/h2-9,17-18H,1,10H2;2H,1H2,(H2,4,5). The van der Waals surface area contributed by atoms with Crippen molar-refractivity contribution in [3.05, 3.63) is 78.9 Å². The van der Waals surface area contributed by atoms with Crippen molar-refractivity contribution in [1.82, 2.24) is 0 Å². The maximum atomic E-state index is 11.9. The Labute approximate surface area is 134 Å². The summed E-state index contributed by atoms with van der Waals surface area (Å²) in [6, 6.07) is 8.83. The maximum Gasteiger partial charge on any atom is 0.240 e. The molecule has 23 heavy (non-hydrogen) atoms. The smallest absolute Gasteiger partial charge is 0.240 e. The van der Waals surface area contributed by atoms with E-state index in [1.54, 1.807) is 24.3 Å². The second-order valence-corrected chi connectivity index (χ2v) is 4.86. The van der Waals surface area contributed by atoms with Gasteiger partial charge in [0, 0.05) is 12.0 Å². The van der Waals surface area contributed by atoms with Gasteiger partial charge < -0.3 is 15.9 Å². The Morgan fingerprint density at radius 1 is 1.26 bits per heavy atom. The van der Waals surface area contributed by atoms with Crippen LogP contribution in [0.2, 0.25) is 0 Å². The molecule has 1 aliphatic carbocycles. The minimum Gasteiger partial charge on any atom is -0.507 e. The lowest BCUT2D eigenvalue weighted by atomic mass is 9.86. The summed E-state index contributed by atoms with van der Waals surface area (Å²) in [6.45, 7) is 6.57. The molecule has 1 amide bonds. The summed E-state index contributed by atoms with van der Waals surface area (Å²) in [5.41, 5.74) is 4.02. The van der Waals surface area contributed by atoms with Gasteiger partial charge in [0.05, 0.1) is 5.57 Å². The summed E-state index contributed by atoms with van der Waals surface area (Å²) in [4.78, 5) is 21.4. The Hall–Kier alpha value is -2.92. The van der Waals surface area contributed by atoms with Gasteiger partial charge in [0.2, 0.25) is 5.91 Å². The molecular formula is C18H19NO4. The molecule has 1 aliphatic rings. The Bertz CT molecular complexity index is 674. The van der Waals surface area contributed by atoms with Crippen LogP contribution < -0.4 is 5.73 Å². The molecule has 0 radical (unpaired) electrons. The van der Waals surface area contributed by atoms with Crippen LogP contribution in [-0.2, 0) is 9.59 Å². The van der Waals surface area contributed by atoms with Crippen LogP contribution >= 0.6 is 0 Å². The molecular weight excluding hydrogens is 294 g/mol. The van der Waals surface area contributed by atoms with E-state index in [9.17, 15) is 19.8 Å². The average molecular weight is 313 g/mol. The largest absolute Gasteiger partial charge is 0.507 e. The van der Waals surface area contributed by atoms with Crippen molar-refractivity contribution in [2.45, 2.75) is 12.0 Å². The first-order valence-electron chi connectivity index (χ1n) is 6.82. The highest BCUT2D eigenvalue weighted by atomic mass is 16.3. The van der Waals surface area contributed by atoms with E-state index in [1.165, 1.54) is 18.2 Å². The van der Waals surface area contributed by atoms with Crippen molar-refractivity contribution in [3.8, 4) is 0 Å². The number of primary amides is 1. The van der Waals surface area contributed by atoms with Crippen LogP contribution in [-0.4, -0.2) is 27.5 Å². The van der Waals surface area contributed by atoms with Gasteiger partial charge in [-0.3, -0.25) is 9.59 Å². The van der Waals surface area contributed by atoms with Crippen LogP contribution in [0.3, 0.4) is 0 Å². The van der Waals surface area contributed by atoms with Crippen molar-refractivity contribution < 1.29 is 19.8 Å². The van der Waals surface area contributed by atoms with Gasteiger partial charge in [-0.1, -0.05) is 49.6 Å². The Kier molecular flexibility index (Phi) is 6.24. The molecule has 0 saturated carbocycles. The molecule has 1 atom stereocenters. The Balaban J connectivity index is 0.000000463. The minimum atomic E-state index is -1.31. The molecule has 0 aliphatic heterocycles. The zero-order valence-corrected chi connectivity index (χ0v) is 12.6. The van der Waals surface area contributed by atoms with Crippen LogP contribution in [0.5, 0.6) is 0 Å². The molecule has 2 rings (SSSR count). The molecule has 0 spiro atoms. The predicted molar refractivity (Wildman–Crippen MR) is 89.3 cm³/mol. The average Bonchev–Trinajstić information content (AvgIpc) is 2.55. The molecule has 0 aromatic heterocycles. The first kappa shape index (κ1) is 18.1. The van der Waals surface area contributed by atoms with Gasteiger partial charge in [0.25, 0.3) is 0 Å². The van der Waals surface area contributed by atoms with Crippen LogP contribution in [0.25, 0.3) is 5.76 Å². The molecule has 4 N–H and O–H groups in total. The first-order valence-corrected chi connectivity index (χ1v) is 6.82. The third-order valence-corrected chi connectivity index (χ3v) is 3.14. The monoisotopic (exact) mass is 313 g/mol. The molecule has 1 aromatic carbocycles. The highest BCUT2D eigenvalue weighted by Crippen LogP contribution is 2.27.